The molecule has 18 heavy (non-hydrogen) atoms. The zero-order chi connectivity index (χ0) is 12.8. The van der Waals surface area contributed by atoms with Crippen molar-refractivity contribution >= 4 is 35.1 Å². The van der Waals surface area contributed by atoms with Gasteiger partial charge in [0.1, 0.15) is 5.03 Å². The van der Waals surface area contributed by atoms with Crippen LogP contribution in [0.2, 0.25) is 0 Å². The Hall–Kier alpha value is -0.780. The van der Waals surface area contributed by atoms with Gasteiger partial charge in [-0.3, -0.25) is 4.79 Å². The molecule has 0 aliphatic heterocycles. The third-order valence-corrected chi connectivity index (χ3v) is 2.67. The minimum absolute atomic E-state index is 0. The van der Waals surface area contributed by atoms with E-state index in [1.54, 1.807) is 12.1 Å². The van der Waals surface area contributed by atoms with Gasteiger partial charge < -0.3 is 15.2 Å². The predicted molar refractivity (Wildman–Crippen MR) is 62.0 cm³/mol. The number of carboxylic acid groups (broad SMARTS) is 1. The Labute approximate surface area is 129 Å². The smallest absolute Gasteiger partial charge is 0.544 e. The fraction of sp³-hybridized carbons (Fsp3) is 0.0909. The van der Waals surface area contributed by atoms with Crippen molar-refractivity contribution in [2.24, 2.45) is 0 Å². The maximum Gasteiger partial charge on any atom is 1.00 e. The van der Waals surface area contributed by atoms with Crippen LogP contribution in [-0.2, 0) is 38.5 Å². The third-order valence-electron chi connectivity index (χ3n) is 1.87. The fourth-order valence-electron chi connectivity index (χ4n) is 1.05. The van der Waals surface area contributed by atoms with Gasteiger partial charge in [-0.25, -0.2) is 0 Å². The second-order valence-electron chi connectivity index (χ2n) is 3.08. The van der Waals surface area contributed by atoms with E-state index in [1.807, 2.05) is 18.2 Å². The first-order valence-corrected chi connectivity index (χ1v) is 5.36. The number of hydrogen-bond acceptors (Lipinski definition) is 3. The summed E-state index contributed by atoms with van der Waals surface area (Å²) >= 11 is 10.7. The number of carbonyl (C=O) groups excluding carboxylic acids is 2. The molecule has 0 fully saturated rings. The summed E-state index contributed by atoms with van der Waals surface area (Å²) in [5.41, 5.74) is 0.856. The number of halogens is 2. The quantitative estimate of drug-likeness (QED) is 0.618. The first-order valence-electron chi connectivity index (χ1n) is 4.61. The van der Waals surface area contributed by atoms with Crippen molar-refractivity contribution in [1.82, 2.24) is 5.32 Å². The zero-order valence-corrected chi connectivity index (χ0v) is 11.9. The molecule has 1 aromatic rings. The predicted octanol–water partition coefficient (Wildman–Crippen LogP) is 0.739. The summed E-state index contributed by atoms with van der Waals surface area (Å²) in [6, 6.07) is 9.07. The molecular weight excluding hydrogens is 373 g/mol. The number of hydrogen-bond donors (Lipinski definition) is 1. The fourth-order valence-corrected chi connectivity index (χ4v) is 1.27. The molecule has 0 saturated carbocycles. The molecule has 0 spiro atoms. The Morgan fingerprint density at radius 2 is 1.67 bits per heavy atom. The van der Waals surface area contributed by atoms with Gasteiger partial charge >= 0.3 is 22.4 Å². The topological polar surface area (TPSA) is 69.2 Å². The van der Waals surface area contributed by atoms with Crippen LogP contribution in [0.3, 0.4) is 0 Å². The van der Waals surface area contributed by atoms with Gasteiger partial charge in [-0.2, -0.15) is 0 Å². The monoisotopic (exact) mass is 379 g/mol. The van der Waals surface area contributed by atoms with Crippen molar-refractivity contribution in [3.63, 3.8) is 0 Å². The largest absolute Gasteiger partial charge is 1.00 e. The average Bonchev–Trinajstić information content (AvgIpc) is 2.35. The van der Waals surface area contributed by atoms with Crippen molar-refractivity contribution in [1.29, 1.82) is 0 Å². The van der Waals surface area contributed by atoms with Crippen LogP contribution in [0, 0.1) is 0 Å². The van der Waals surface area contributed by atoms with E-state index in [9.17, 15) is 14.7 Å². The van der Waals surface area contributed by atoms with Gasteiger partial charge in [0.2, 0.25) is 0 Å². The SMILES string of the molecule is O=C([O-])/C(Cl)=C(\Cl)C(=O)NCc1ccccc1.[Ag+]. The summed E-state index contributed by atoms with van der Waals surface area (Å²) in [5, 5.41) is 11.4. The van der Waals surface area contributed by atoms with E-state index in [2.05, 4.69) is 5.32 Å². The number of rotatable bonds is 4. The van der Waals surface area contributed by atoms with Crippen molar-refractivity contribution in [3.05, 3.63) is 46.0 Å². The summed E-state index contributed by atoms with van der Waals surface area (Å²) in [4.78, 5) is 21.7. The maximum atomic E-state index is 11.4. The van der Waals surface area contributed by atoms with E-state index >= 15 is 0 Å². The Bertz CT molecular complexity index is 463. The van der Waals surface area contributed by atoms with Gasteiger partial charge in [-0.05, 0) is 5.56 Å². The molecule has 0 saturated heterocycles. The molecule has 1 N–H and O–H groups in total. The first-order chi connectivity index (χ1) is 8.02. The second-order valence-corrected chi connectivity index (χ2v) is 3.84. The molecule has 1 rings (SSSR count). The number of amides is 1. The van der Waals surface area contributed by atoms with E-state index in [0.717, 1.165) is 5.56 Å². The normalized spacial score (nSPS) is 11.0. The molecule has 0 aromatic heterocycles. The summed E-state index contributed by atoms with van der Waals surface area (Å²) in [6.07, 6.45) is 0. The molecule has 4 nitrogen and oxygen atoms in total. The van der Waals surface area contributed by atoms with Crippen LogP contribution in [0.1, 0.15) is 5.56 Å². The molecule has 0 aliphatic carbocycles. The van der Waals surface area contributed by atoms with Gasteiger partial charge in [-0.1, -0.05) is 53.5 Å². The number of aliphatic carboxylic acids is 1. The van der Waals surface area contributed by atoms with Crippen LogP contribution in [-0.4, -0.2) is 11.9 Å². The molecule has 1 amide bonds. The second kappa shape index (κ2) is 8.34. The van der Waals surface area contributed by atoms with Gasteiger partial charge in [0.25, 0.3) is 5.91 Å². The van der Waals surface area contributed by atoms with E-state index in [-0.39, 0.29) is 28.9 Å². The van der Waals surface area contributed by atoms with Crippen LogP contribution < -0.4 is 10.4 Å². The molecule has 7 heteroatoms. The maximum absolute atomic E-state index is 11.4. The van der Waals surface area contributed by atoms with Crippen LogP contribution in [0.5, 0.6) is 0 Å². The Morgan fingerprint density at radius 1 is 1.11 bits per heavy atom. The Balaban J connectivity index is 0.00000289. The molecule has 0 heterocycles. The number of carboxylic acids is 1. The Kier molecular flexibility index (Phi) is 7.98. The standard InChI is InChI=1S/C11H9Cl2NO3.Ag/c12-8(9(13)11(16)17)10(15)14-6-7-4-2-1-3-5-7;/h1-5H,6H2,(H,14,15)(H,16,17);/q;+1/p-1/b9-8+;. The summed E-state index contributed by atoms with van der Waals surface area (Å²) in [5.74, 6) is -2.45. The van der Waals surface area contributed by atoms with E-state index in [1.165, 1.54) is 0 Å². The number of nitrogens with one attached hydrogen (secondary N) is 1. The van der Waals surface area contributed by atoms with Crippen molar-refractivity contribution in [2.75, 3.05) is 0 Å². The summed E-state index contributed by atoms with van der Waals surface area (Å²) < 4.78 is 0. The van der Waals surface area contributed by atoms with E-state index in [4.69, 9.17) is 23.2 Å². The molecule has 0 aliphatic rings. The number of benzene rings is 1. The van der Waals surface area contributed by atoms with Crippen LogP contribution in [0.25, 0.3) is 0 Å². The molecule has 0 bridgehead atoms. The van der Waals surface area contributed by atoms with Crippen molar-refractivity contribution in [2.45, 2.75) is 6.54 Å². The molecule has 0 radical (unpaired) electrons. The molecule has 0 unspecified atom stereocenters. The van der Waals surface area contributed by atoms with Crippen molar-refractivity contribution < 1.29 is 37.1 Å². The third kappa shape index (κ3) is 5.25. The average molecular weight is 381 g/mol. The minimum Gasteiger partial charge on any atom is -0.544 e. The van der Waals surface area contributed by atoms with E-state index in [0.29, 0.717) is 0 Å². The molecule has 100 valence electrons. The van der Waals surface area contributed by atoms with Gasteiger partial charge in [-0.15, -0.1) is 0 Å². The molecular formula is C11H8AgCl2NO3. The van der Waals surface area contributed by atoms with Crippen molar-refractivity contribution in [3.8, 4) is 0 Å². The van der Waals surface area contributed by atoms with Crippen LogP contribution in [0.15, 0.2) is 40.4 Å². The van der Waals surface area contributed by atoms with Crippen LogP contribution >= 0.6 is 23.2 Å². The summed E-state index contributed by atoms with van der Waals surface area (Å²) in [6.45, 7) is 0.229. The minimum atomic E-state index is -1.69. The molecule has 1 aromatic carbocycles. The van der Waals surface area contributed by atoms with Crippen LogP contribution in [0.4, 0.5) is 0 Å². The number of carbonyl (C=O) groups is 2. The summed E-state index contributed by atoms with van der Waals surface area (Å²) in [7, 11) is 0. The zero-order valence-electron chi connectivity index (χ0n) is 8.88. The van der Waals surface area contributed by atoms with E-state index < -0.39 is 21.9 Å². The molecule has 0 atom stereocenters. The van der Waals surface area contributed by atoms with Gasteiger partial charge in [0.05, 0.1) is 11.0 Å². The first kappa shape index (κ1) is 17.2. The Morgan fingerprint density at radius 3 is 2.17 bits per heavy atom. The van der Waals surface area contributed by atoms with Gasteiger partial charge in [0, 0.05) is 6.54 Å². The van der Waals surface area contributed by atoms with Gasteiger partial charge in [0.15, 0.2) is 0 Å².